The molecule has 1 atom stereocenters. The van der Waals surface area contributed by atoms with Gasteiger partial charge in [-0.2, -0.15) is 0 Å². The standard InChI is InChI=1S/C20H15NO3/c22-20(14-5-3-6-17(12-14)21(23)24)15-8-9-19-16(11-15)10-13-4-1-2-7-18(13)19/h1-9,11-12,20,22H,10H2/t20-/m0/s1. The second-order valence-corrected chi connectivity index (χ2v) is 6.01. The van der Waals surface area contributed by atoms with Gasteiger partial charge in [0.25, 0.3) is 5.69 Å². The number of hydrogen-bond acceptors (Lipinski definition) is 3. The van der Waals surface area contributed by atoms with Crippen molar-refractivity contribution >= 4 is 5.69 Å². The van der Waals surface area contributed by atoms with Gasteiger partial charge in [0, 0.05) is 12.1 Å². The van der Waals surface area contributed by atoms with Crippen LogP contribution in [0.15, 0.2) is 66.7 Å². The van der Waals surface area contributed by atoms with Crippen LogP contribution in [0.3, 0.4) is 0 Å². The fourth-order valence-electron chi connectivity index (χ4n) is 3.34. The summed E-state index contributed by atoms with van der Waals surface area (Å²) in [6.45, 7) is 0. The SMILES string of the molecule is O=[N+]([O-])c1cccc([C@H](O)c2ccc3c(c2)Cc2ccccc2-3)c1. The van der Waals surface area contributed by atoms with Crippen LogP contribution in [0.4, 0.5) is 5.69 Å². The molecule has 0 heterocycles. The number of nitro benzene ring substituents is 1. The summed E-state index contributed by atoms with van der Waals surface area (Å²) in [7, 11) is 0. The van der Waals surface area contributed by atoms with Crippen molar-refractivity contribution in [3.63, 3.8) is 0 Å². The Balaban J connectivity index is 1.70. The molecule has 0 radical (unpaired) electrons. The van der Waals surface area contributed by atoms with Gasteiger partial charge < -0.3 is 5.11 Å². The van der Waals surface area contributed by atoms with Gasteiger partial charge in [-0.15, -0.1) is 0 Å². The van der Waals surface area contributed by atoms with E-state index in [2.05, 4.69) is 12.1 Å². The second kappa shape index (κ2) is 5.58. The maximum atomic E-state index is 10.9. The molecule has 3 aromatic carbocycles. The van der Waals surface area contributed by atoms with Gasteiger partial charge in [0.1, 0.15) is 6.10 Å². The van der Waals surface area contributed by atoms with Crippen molar-refractivity contribution in [1.82, 2.24) is 0 Å². The van der Waals surface area contributed by atoms with E-state index in [1.807, 2.05) is 30.3 Å². The van der Waals surface area contributed by atoms with Crippen LogP contribution in [0.1, 0.15) is 28.4 Å². The molecule has 4 heteroatoms. The third-order valence-electron chi connectivity index (χ3n) is 4.53. The molecule has 0 aliphatic heterocycles. The number of nitrogens with zero attached hydrogens (tertiary/aromatic N) is 1. The van der Waals surface area contributed by atoms with Crippen LogP contribution in [0, 0.1) is 10.1 Å². The fraction of sp³-hybridized carbons (Fsp3) is 0.100. The van der Waals surface area contributed by atoms with Gasteiger partial charge in [0.15, 0.2) is 0 Å². The molecule has 0 bridgehead atoms. The summed E-state index contributed by atoms with van der Waals surface area (Å²) in [6, 6.07) is 20.4. The van der Waals surface area contributed by atoms with E-state index in [0.29, 0.717) is 5.56 Å². The maximum Gasteiger partial charge on any atom is 0.269 e. The Morgan fingerprint density at radius 1 is 0.875 bits per heavy atom. The lowest BCUT2D eigenvalue weighted by atomic mass is 9.97. The zero-order valence-corrected chi connectivity index (χ0v) is 12.8. The molecule has 4 rings (SSSR count). The molecule has 0 saturated carbocycles. The summed E-state index contributed by atoms with van der Waals surface area (Å²) in [5, 5.41) is 21.5. The highest BCUT2D eigenvalue weighted by atomic mass is 16.6. The molecule has 0 aromatic heterocycles. The van der Waals surface area contributed by atoms with Crippen LogP contribution in [0.25, 0.3) is 11.1 Å². The molecular formula is C20H15NO3. The summed E-state index contributed by atoms with van der Waals surface area (Å²) >= 11 is 0. The first kappa shape index (κ1) is 14.6. The third-order valence-corrected chi connectivity index (χ3v) is 4.53. The average Bonchev–Trinajstić information content (AvgIpc) is 2.99. The number of benzene rings is 3. The first-order valence-corrected chi connectivity index (χ1v) is 7.77. The van der Waals surface area contributed by atoms with Gasteiger partial charge in [0.2, 0.25) is 0 Å². The Bertz CT molecular complexity index is 949. The van der Waals surface area contributed by atoms with Crippen LogP contribution < -0.4 is 0 Å². The third kappa shape index (κ3) is 2.37. The molecule has 24 heavy (non-hydrogen) atoms. The minimum atomic E-state index is -0.876. The lowest BCUT2D eigenvalue weighted by Gasteiger charge is -2.13. The Morgan fingerprint density at radius 3 is 2.46 bits per heavy atom. The van der Waals surface area contributed by atoms with Gasteiger partial charge in [-0.25, -0.2) is 0 Å². The summed E-state index contributed by atoms with van der Waals surface area (Å²) in [5.74, 6) is 0. The highest BCUT2D eigenvalue weighted by molar-refractivity contribution is 5.77. The van der Waals surface area contributed by atoms with Crippen molar-refractivity contribution in [2.75, 3.05) is 0 Å². The van der Waals surface area contributed by atoms with Crippen molar-refractivity contribution < 1.29 is 10.0 Å². The van der Waals surface area contributed by atoms with Crippen LogP contribution >= 0.6 is 0 Å². The van der Waals surface area contributed by atoms with E-state index in [-0.39, 0.29) is 5.69 Å². The number of aliphatic hydroxyl groups excluding tert-OH is 1. The molecule has 0 fully saturated rings. The van der Waals surface area contributed by atoms with Crippen molar-refractivity contribution in [2.24, 2.45) is 0 Å². The Hall–Kier alpha value is -2.98. The van der Waals surface area contributed by atoms with Crippen LogP contribution in [-0.4, -0.2) is 10.0 Å². The summed E-state index contributed by atoms with van der Waals surface area (Å²) in [6.07, 6.45) is -0.0278. The maximum absolute atomic E-state index is 10.9. The summed E-state index contributed by atoms with van der Waals surface area (Å²) in [4.78, 5) is 10.5. The normalized spacial score (nSPS) is 13.2. The van der Waals surface area contributed by atoms with Gasteiger partial charge in [-0.1, -0.05) is 54.6 Å². The predicted octanol–water partition coefficient (Wildman–Crippen LogP) is 4.25. The Morgan fingerprint density at radius 2 is 1.62 bits per heavy atom. The summed E-state index contributed by atoms with van der Waals surface area (Å²) in [5.41, 5.74) is 6.17. The largest absolute Gasteiger partial charge is 0.384 e. The highest BCUT2D eigenvalue weighted by Gasteiger charge is 2.20. The lowest BCUT2D eigenvalue weighted by molar-refractivity contribution is -0.385. The van der Waals surface area contributed by atoms with E-state index < -0.39 is 11.0 Å². The molecule has 0 saturated heterocycles. The number of rotatable bonds is 3. The zero-order chi connectivity index (χ0) is 16.7. The van der Waals surface area contributed by atoms with Gasteiger partial charge in [-0.05, 0) is 39.8 Å². The van der Waals surface area contributed by atoms with Crippen molar-refractivity contribution in [3.05, 3.63) is 99.1 Å². The molecule has 3 aromatic rings. The molecule has 0 spiro atoms. The lowest BCUT2D eigenvalue weighted by Crippen LogP contribution is -2.01. The smallest absolute Gasteiger partial charge is 0.269 e. The molecule has 1 N–H and O–H groups in total. The van der Waals surface area contributed by atoms with Gasteiger partial charge in [0.05, 0.1) is 4.92 Å². The van der Waals surface area contributed by atoms with E-state index in [1.54, 1.807) is 12.1 Å². The number of hydrogen-bond donors (Lipinski definition) is 1. The van der Waals surface area contributed by atoms with Crippen LogP contribution in [0.5, 0.6) is 0 Å². The van der Waals surface area contributed by atoms with Gasteiger partial charge in [-0.3, -0.25) is 10.1 Å². The number of nitro groups is 1. The monoisotopic (exact) mass is 317 g/mol. The number of non-ortho nitro benzene ring substituents is 1. The fourth-order valence-corrected chi connectivity index (χ4v) is 3.34. The number of aliphatic hydroxyl groups is 1. The van der Waals surface area contributed by atoms with E-state index in [9.17, 15) is 15.2 Å². The molecule has 1 aliphatic carbocycles. The first-order valence-electron chi connectivity index (χ1n) is 7.77. The molecule has 0 unspecified atom stereocenters. The molecule has 118 valence electrons. The molecule has 0 amide bonds. The van der Waals surface area contributed by atoms with Crippen LogP contribution in [-0.2, 0) is 6.42 Å². The van der Waals surface area contributed by atoms with Crippen LogP contribution in [0.2, 0.25) is 0 Å². The van der Waals surface area contributed by atoms with E-state index in [0.717, 1.165) is 12.0 Å². The molecule has 1 aliphatic rings. The van der Waals surface area contributed by atoms with Crippen molar-refractivity contribution in [1.29, 1.82) is 0 Å². The Kier molecular flexibility index (Phi) is 3.40. The minimum Gasteiger partial charge on any atom is -0.384 e. The first-order chi connectivity index (χ1) is 11.6. The van der Waals surface area contributed by atoms with Gasteiger partial charge >= 0.3 is 0 Å². The molecule has 4 nitrogen and oxygen atoms in total. The zero-order valence-electron chi connectivity index (χ0n) is 12.8. The Labute approximate surface area is 139 Å². The van der Waals surface area contributed by atoms with Crippen molar-refractivity contribution in [3.8, 4) is 11.1 Å². The van der Waals surface area contributed by atoms with E-state index in [1.165, 1.54) is 34.4 Å². The number of fused-ring (bicyclic) bond motifs is 3. The molecular weight excluding hydrogens is 302 g/mol. The minimum absolute atomic E-state index is 0.0138. The van der Waals surface area contributed by atoms with E-state index >= 15 is 0 Å². The second-order valence-electron chi connectivity index (χ2n) is 6.01. The average molecular weight is 317 g/mol. The highest BCUT2D eigenvalue weighted by Crippen LogP contribution is 2.38. The quantitative estimate of drug-likeness (QED) is 0.454. The van der Waals surface area contributed by atoms with Crippen molar-refractivity contribution in [2.45, 2.75) is 12.5 Å². The van der Waals surface area contributed by atoms with E-state index in [4.69, 9.17) is 0 Å². The topological polar surface area (TPSA) is 63.4 Å². The predicted molar refractivity (Wildman–Crippen MR) is 91.8 cm³/mol. The summed E-state index contributed by atoms with van der Waals surface area (Å²) < 4.78 is 0.